The van der Waals surface area contributed by atoms with Crippen molar-refractivity contribution in [3.8, 4) is 0 Å². The van der Waals surface area contributed by atoms with E-state index in [1.165, 1.54) is 5.56 Å². The molecule has 3 rings (SSSR count). The van der Waals surface area contributed by atoms with Crippen molar-refractivity contribution in [1.29, 1.82) is 0 Å². The highest BCUT2D eigenvalue weighted by atomic mass is 35.5. The van der Waals surface area contributed by atoms with Gasteiger partial charge in [0.25, 0.3) is 0 Å². The lowest BCUT2D eigenvalue weighted by atomic mass is 9.81. The first-order valence-corrected chi connectivity index (χ1v) is 7.85. The van der Waals surface area contributed by atoms with Gasteiger partial charge in [-0.1, -0.05) is 54.6 Å². The van der Waals surface area contributed by atoms with Gasteiger partial charge in [0.05, 0.1) is 6.61 Å². The van der Waals surface area contributed by atoms with Crippen LogP contribution in [0.2, 0.25) is 0 Å². The normalized spacial score (nSPS) is 20.3. The number of aryl methyl sites for hydroxylation is 1. The molecule has 2 N–H and O–H groups in total. The minimum atomic E-state index is -1.03. The lowest BCUT2D eigenvalue weighted by Gasteiger charge is -2.39. The Morgan fingerprint density at radius 3 is 2.48 bits per heavy atom. The van der Waals surface area contributed by atoms with Crippen LogP contribution in [0.25, 0.3) is 0 Å². The summed E-state index contributed by atoms with van der Waals surface area (Å²) in [6, 6.07) is 18.1. The molecule has 124 valence electrons. The topological polar surface area (TPSA) is 41.5 Å². The predicted molar refractivity (Wildman–Crippen MR) is 95.1 cm³/mol. The van der Waals surface area contributed by atoms with Crippen molar-refractivity contribution in [2.75, 3.05) is 19.7 Å². The van der Waals surface area contributed by atoms with Gasteiger partial charge in [-0.2, -0.15) is 0 Å². The molecule has 0 radical (unpaired) electrons. The van der Waals surface area contributed by atoms with Crippen LogP contribution < -0.4 is 5.32 Å². The number of ether oxygens (including phenoxy) is 1. The third-order valence-corrected chi connectivity index (χ3v) is 4.46. The zero-order valence-electron chi connectivity index (χ0n) is 13.4. The molecule has 1 aliphatic rings. The van der Waals surface area contributed by atoms with E-state index in [4.69, 9.17) is 4.74 Å². The largest absolute Gasteiger partial charge is 0.382 e. The van der Waals surface area contributed by atoms with Gasteiger partial charge in [0.2, 0.25) is 0 Å². The molecule has 0 bridgehead atoms. The maximum Gasteiger partial charge on any atom is 0.121 e. The quantitative estimate of drug-likeness (QED) is 0.904. The molecule has 3 nitrogen and oxygen atoms in total. The molecule has 23 heavy (non-hydrogen) atoms. The molecule has 1 fully saturated rings. The van der Waals surface area contributed by atoms with E-state index in [2.05, 4.69) is 24.4 Å². The van der Waals surface area contributed by atoms with Crippen LogP contribution >= 0.6 is 12.4 Å². The first-order chi connectivity index (χ1) is 10.7. The molecule has 0 spiro atoms. The number of hydrogen-bond donors (Lipinski definition) is 2. The van der Waals surface area contributed by atoms with Gasteiger partial charge in [-0.3, -0.25) is 0 Å². The maximum absolute atomic E-state index is 11.5. The number of aliphatic hydroxyl groups is 1. The number of halogens is 1. The van der Waals surface area contributed by atoms with Gasteiger partial charge >= 0.3 is 0 Å². The Bertz CT molecular complexity index is 614. The number of morpholine rings is 1. The van der Waals surface area contributed by atoms with Crippen molar-refractivity contribution in [3.63, 3.8) is 0 Å². The Morgan fingerprint density at radius 1 is 1.13 bits per heavy atom. The van der Waals surface area contributed by atoms with Crippen LogP contribution in [0.1, 0.15) is 16.7 Å². The second kappa shape index (κ2) is 7.93. The smallest absolute Gasteiger partial charge is 0.121 e. The molecule has 0 saturated carbocycles. The summed E-state index contributed by atoms with van der Waals surface area (Å²) >= 11 is 0. The lowest BCUT2D eigenvalue weighted by Crippen LogP contribution is -2.52. The second-order valence-electron chi connectivity index (χ2n) is 5.96. The Labute approximate surface area is 144 Å². The van der Waals surface area contributed by atoms with Crippen molar-refractivity contribution in [2.45, 2.75) is 25.0 Å². The van der Waals surface area contributed by atoms with Gasteiger partial charge in [0, 0.05) is 19.5 Å². The molecule has 2 aromatic carbocycles. The van der Waals surface area contributed by atoms with Gasteiger partial charge in [0.1, 0.15) is 11.7 Å². The Balaban J connectivity index is 0.00000192. The molecule has 0 unspecified atom stereocenters. The monoisotopic (exact) mass is 333 g/mol. The zero-order chi connectivity index (χ0) is 15.4. The van der Waals surface area contributed by atoms with E-state index < -0.39 is 5.60 Å². The molecule has 0 aromatic heterocycles. The SMILES string of the molecule is Cc1ccccc1C[C@](O)(c1ccccc1)[C@H]1CNCCO1.Cl. The predicted octanol–water partition coefficient (Wildman–Crippen LogP) is 2.84. The highest BCUT2D eigenvalue weighted by Gasteiger charge is 2.40. The summed E-state index contributed by atoms with van der Waals surface area (Å²) in [5, 5.41) is 14.8. The van der Waals surface area contributed by atoms with Crippen LogP contribution in [0.3, 0.4) is 0 Å². The average molecular weight is 334 g/mol. The third-order valence-electron chi connectivity index (χ3n) is 4.46. The molecule has 1 aliphatic heterocycles. The van der Waals surface area contributed by atoms with Crippen molar-refractivity contribution in [2.24, 2.45) is 0 Å². The van der Waals surface area contributed by atoms with Gasteiger partial charge in [-0.05, 0) is 23.6 Å². The number of rotatable bonds is 4. The minimum absolute atomic E-state index is 0. The molecule has 2 atom stereocenters. The molecule has 2 aromatic rings. The fourth-order valence-electron chi connectivity index (χ4n) is 3.10. The molecular weight excluding hydrogens is 310 g/mol. The summed E-state index contributed by atoms with van der Waals surface area (Å²) in [7, 11) is 0. The maximum atomic E-state index is 11.5. The zero-order valence-corrected chi connectivity index (χ0v) is 14.2. The van der Waals surface area contributed by atoms with Gasteiger partial charge < -0.3 is 15.2 Å². The standard InChI is InChI=1S/C19H23NO2.ClH/c1-15-7-5-6-8-16(15)13-19(21,17-9-3-2-4-10-17)18-14-20-11-12-22-18;/h2-10,18,20-21H,11-14H2,1H3;1H/t18-,19+;/m1./s1. The first-order valence-electron chi connectivity index (χ1n) is 7.85. The summed E-state index contributed by atoms with van der Waals surface area (Å²) < 4.78 is 5.90. The van der Waals surface area contributed by atoms with Crippen LogP contribution in [-0.4, -0.2) is 30.9 Å². The van der Waals surface area contributed by atoms with E-state index >= 15 is 0 Å². The fraction of sp³-hybridized carbons (Fsp3) is 0.368. The van der Waals surface area contributed by atoms with Crippen molar-refractivity contribution < 1.29 is 9.84 Å². The molecule has 0 aliphatic carbocycles. The molecule has 1 saturated heterocycles. The van der Waals surface area contributed by atoms with Gasteiger partial charge in [-0.15, -0.1) is 12.4 Å². The highest BCUT2D eigenvalue weighted by molar-refractivity contribution is 5.85. The number of hydrogen-bond acceptors (Lipinski definition) is 3. The van der Waals surface area contributed by atoms with Crippen LogP contribution in [0.5, 0.6) is 0 Å². The Hall–Kier alpha value is -1.39. The lowest BCUT2D eigenvalue weighted by molar-refractivity contribution is -0.124. The van der Waals surface area contributed by atoms with Crippen molar-refractivity contribution in [3.05, 3.63) is 71.3 Å². The third kappa shape index (κ3) is 3.93. The fourth-order valence-corrected chi connectivity index (χ4v) is 3.10. The Kier molecular flexibility index (Phi) is 6.19. The van der Waals surface area contributed by atoms with E-state index in [9.17, 15) is 5.11 Å². The second-order valence-corrected chi connectivity index (χ2v) is 5.96. The van der Waals surface area contributed by atoms with Crippen molar-refractivity contribution >= 4 is 12.4 Å². The summed E-state index contributed by atoms with van der Waals surface area (Å²) in [4.78, 5) is 0. The average Bonchev–Trinajstić information content (AvgIpc) is 2.58. The number of nitrogens with one attached hydrogen (secondary N) is 1. The molecule has 4 heteroatoms. The highest BCUT2D eigenvalue weighted by Crippen LogP contribution is 2.32. The summed E-state index contributed by atoms with van der Waals surface area (Å²) in [6.45, 7) is 4.22. The van der Waals surface area contributed by atoms with Crippen LogP contribution in [-0.2, 0) is 16.8 Å². The first kappa shape index (κ1) is 18.0. The van der Waals surface area contributed by atoms with Gasteiger partial charge in [0.15, 0.2) is 0 Å². The number of benzene rings is 2. The van der Waals surface area contributed by atoms with E-state index in [1.807, 2.05) is 42.5 Å². The van der Waals surface area contributed by atoms with Gasteiger partial charge in [-0.25, -0.2) is 0 Å². The van der Waals surface area contributed by atoms with Crippen LogP contribution in [0, 0.1) is 6.92 Å². The minimum Gasteiger partial charge on any atom is -0.382 e. The molecule has 1 heterocycles. The van der Waals surface area contributed by atoms with Crippen LogP contribution in [0.15, 0.2) is 54.6 Å². The van der Waals surface area contributed by atoms with E-state index in [0.29, 0.717) is 19.6 Å². The summed E-state index contributed by atoms with van der Waals surface area (Å²) in [6.07, 6.45) is 0.305. The van der Waals surface area contributed by atoms with Crippen LogP contribution in [0.4, 0.5) is 0 Å². The summed E-state index contributed by atoms with van der Waals surface area (Å²) in [5.74, 6) is 0. The summed E-state index contributed by atoms with van der Waals surface area (Å²) in [5.41, 5.74) is 2.23. The molecule has 0 amide bonds. The van der Waals surface area contributed by atoms with E-state index in [1.54, 1.807) is 0 Å². The molecular formula is C19H24ClNO2. The Morgan fingerprint density at radius 2 is 1.83 bits per heavy atom. The van der Waals surface area contributed by atoms with E-state index in [0.717, 1.165) is 17.7 Å². The van der Waals surface area contributed by atoms with E-state index in [-0.39, 0.29) is 18.5 Å². The van der Waals surface area contributed by atoms with Crippen molar-refractivity contribution in [1.82, 2.24) is 5.32 Å².